The summed E-state index contributed by atoms with van der Waals surface area (Å²) < 4.78 is 7.55. The third-order valence-corrected chi connectivity index (χ3v) is 3.14. The largest absolute Gasteiger partial charge is 0.460 e. The Morgan fingerprint density at radius 3 is 2.79 bits per heavy atom. The van der Waals surface area contributed by atoms with Crippen LogP contribution in [-0.2, 0) is 0 Å². The van der Waals surface area contributed by atoms with Crippen LogP contribution in [0, 0.1) is 0 Å². The maximum atomic E-state index is 5.82. The van der Waals surface area contributed by atoms with Crippen molar-refractivity contribution in [1.82, 2.24) is 24.5 Å². The molecular formula is C12H16N6O. The number of ether oxygens (including phenoxy) is 1. The van der Waals surface area contributed by atoms with Gasteiger partial charge in [0.2, 0.25) is 11.9 Å². The Morgan fingerprint density at radius 2 is 2.11 bits per heavy atom. The van der Waals surface area contributed by atoms with E-state index in [0.29, 0.717) is 17.9 Å². The number of hydrogen-bond acceptors (Lipinski definition) is 6. The third-order valence-electron chi connectivity index (χ3n) is 3.14. The lowest BCUT2D eigenvalue weighted by Crippen LogP contribution is -2.15. The van der Waals surface area contributed by atoms with Crippen molar-refractivity contribution in [3.8, 4) is 12.0 Å². The summed E-state index contributed by atoms with van der Waals surface area (Å²) >= 11 is 0. The van der Waals surface area contributed by atoms with Gasteiger partial charge in [0.1, 0.15) is 12.4 Å². The molecule has 7 heteroatoms. The lowest BCUT2D eigenvalue weighted by molar-refractivity contribution is 0.192. The van der Waals surface area contributed by atoms with Crippen LogP contribution in [0.3, 0.4) is 0 Å². The molecule has 0 unspecified atom stereocenters. The first kappa shape index (κ1) is 11.9. The lowest BCUT2D eigenvalue weighted by atomic mass is 10.3. The van der Waals surface area contributed by atoms with E-state index in [1.54, 1.807) is 30.3 Å². The number of hydrogen-bond donors (Lipinski definition) is 1. The second-order valence-electron chi connectivity index (χ2n) is 4.49. The molecule has 7 nitrogen and oxygen atoms in total. The van der Waals surface area contributed by atoms with Crippen LogP contribution < -0.4 is 10.1 Å². The van der Waals surface area contributed by atoms with Gasteiger partial charge in [-0.1, -0.05) is 0 Å². The van der Waals surface area contributed by atoms with Crippen molar-refractivity contribution in [3.63, 3.8) is 0 Å². The fourth-order valence-corrected chi connectivity index (χ4v) is 2.16. The van der Waals surface area contributed by atoms with Crippen molar-refractivity contribution in [2.75, 3.05) is 12.4 Å². The Morgan fingerprint density at radius 1 is 1.26 bits per heavy atom. The van der Waals surface area contributed by atoms with Gasteiger partial charge in [-0.25, -0.2) is 4.98 Å². The molecule has 0 bridgehead atoms. The van der Waals surface area contributed by atoms with Crippen molar-refractivity contribution >= 4 is 5.95 Å². The van der Waals surface area contributed by atoms with Crippen LogP contribution in [0.5, 0.6) is 6.01 Å². The molecule has 3 rings (SSSR count). The highest BCUT2D eigenvalue weighted by Crippen LogP contribution is 2.22. The minimum absolute atomic E-state index is 0.225. The van der Waals surface area contributed by atoms with Gasteiger partial charge in [-0.05, 0) is 25.7 Å². The minimum Gasteiger partial charge on any atom is -0.460 e. The number of nitrogens with one attached hydrogen (secondary N) is 1. The molecule has 0 radical (unpaired) electrons. The fraction of sp³-hybridized carbons (Fsp3) is 0.500. The van der Waals surface area contributed by atoms with Gasteiger partial charge in [0.15, 0.2) is 0 Å². The molecular weight excluding hydrogens is 244 g/mol. The van der Waals surface area contributed by atoms with E-state index in [2.05, 4.69) is 25.3 Å². The molecule has 19 heavy (non-hydrogen) atoms. The summed E-state index contributed by atoms with van der Waals surface area (Å²) in [5.74, 6) is 0.997. The van der Waals surface area contributed by atoms with Crippen LogP contribution >= 0.6 is 0 Å². The van der Waals surface area contributed by atoms with Crippen LogP contribution in [-0.4, -0.2) is 37.7 Å². The van der Waals surface area contributed by atoms with Crippen LogP contribution in [0.1, 0.15) is 25.7 Å². The zero-order chi connectivity index (χ0) is 13.1. The zero-order valence-corrected chi connectivity index (χ0v) is 10.8. The molecule has 1 fully saturated rings. The van der Waals surface area contributed by atoms with Gasteiger partial charge in [0, 0.05) is 19.4 Å². The van der Waals surface area contributed by atoms with Crippen LogP contribution in [0.25, 0.3) is 5.95 Å². The number of imidazole rings is 1. The van der Waals surface area contributed by atoms with E-state index < -0.39 is 0 Å². The topological polar surface area (TPSA) is 77.8 Å². The van der Waals surface area contributed by atoms with Crippen molar-refractivity contribution < 1.29 is 4.74 Å². The van der Waals surface area contributed by atoms with Crippen LogP contribution in [0.2, 0.25) is 0 Å². The highest BCUT2D eigenvalue weighted by atomic mass is 16.5. The van der Waals surface area contributed by atoms with Crippen molar-refractivity contribution in [3.05, 3.63) is 18.7 Å². The summed E-state index contributed by atoms with van der Waals surface area (Å²) in [7, 11) is 1.77. The third kappa shape index (κ3) is 2.64. The molecule has 0 aliphatic heterocycles. The average molecular weight is 260 g/mol. The first-order valence-corrected chi connectivity index (χ1v) is 6.44. The molecule has 0 aromatic carbocycles. The minimum atomic E-state index is 0.225. The summed E-state index contributed by atoms with van der Waals surface area (Å²) in [6.07, 6.45) is 9.90. The SMILES string of the molecule is CNc1nc(OC2CCCC2)nc(-n2ccnc2)n1. The summed E-state index contributed by atoms with van der Waals surface area (Å²) in [6, 6.07) is 0.370. The van der Waals surface area contributed by atoms with Gasteiger partial charge < -0.3 is 10.1 Å². The Labute approximate surface area is 111 Å². The van der Waals surface area contributed by atoms with Crippen LogP contribution in [0.15, 0.2) is 18.7 Å². The quantitative estimate of drug-likeness (QED) is 0.895. The second-order valence-corrected chi connectivity index (χ2v) is 4.49. The number of nitrogens with zero attached hydrogens (tertiary/aromatic N) is 5. The summed E-state index contributed by atoms with van der Waals surface area (Å²) in [4.78, 5) is 16.8. The molecule has 1 N–H and O–H groups in total. The molecule has 0 spiro atoms. The first-order valence-electron chi connectivity index (χ1n) is 6.44. The molecule has 2 aromatic rings. The Kier molecular flexibility index (Phi) is 3.26. The van der Waals surface area contributed by atoms with Crippen molar-refractivity contribution in [1.29, 1.82) is 0 Å². The lowest BCUT2D eigenvalue weighted by Gasteiger charge is -2.12. The van der Waals surface area contributed by atoms with Gasteiger partial charge in [-0.3, -0.25) is 4.57 Å². The van der Waals surface area contributed by atoms with Gasteiger partial charge in [0.05, 0.1) is 0 Å². The summed E-state index contributed by atoms with van der Waals surface area (Å²) in [6.45, 7) is 0. The number of aromatic nitrogens is 5. The number of rotatable bonds is 4. The molecule has 0 amide bonds. The van der Waals surface area contributed by atoms with Gasteiger partial charge in [0.25, 0.3) is 0 Å². The first-order chi connectivity index (χ1) is 9.35. The van der Waals surface area contributed by atoms with E-state index in [1.165, 1.54) is 12.8 Å². The monoisotopic (exact) mass is 260 g/mol. The van der Waals surface area contributed by atoms with E-state index in [9.17, 15) is 0 Å². The summed E-state index contributed by atoms with van der Waals surface area (Å²) in [5, 5.41) is 2.92. The standard InChI is InChI=1S/C12H16N6O/c1-13-10-15-11(18-7-6-14-8-18)17-12(16-10)19-9-4-2-3-5-9/h6-9H,2-5H2,1H3,(H,13,15,16,17). The average Bonchev–Trinajstić information content (AvgIpc) is 3.11. The zero-order valence-electron chi connectivity index (χ0n) is 10.8. The van der Waals surface area contributed by atoms with Crippen molar-refractivity contribution in [2.45, 2.75) is 31.8 Å². The molecule has 1 saturated carbocycles. The fourth-order valence-electron chi connectivity index (χ4n) is 2.16. The van der Waals surface area contributed by atoms with Gasteiger partial charge in [-0.15, -0.1) is 0 Å². The molecule has 2 aromatic heterocycles. The normalized spacial score (nSPS) is 15.6. The highest BCUT2D eigenvalue weighted by molar-refractivity contribution is 5.29. The van der Waals surface area contributed by atoms with Crippen molar-refractivity contribution in [2.24, 2.45) is 0 Å². The van der Waals surface area contributed by atoms with E-state index in [1.807, 2.05) is 0 Å². The Hall–Kier alpha value is -2.18. The summed E-state index contributed by atoms with van der Waals surface area (Å²) in [5.41, 5.74) is 0. The van der Waals surface area contributed by atoms with Gasteiger partial charge in [-0.2, -0.15) is 15.0 Å². The number of anilines is 1. The van der Waals surface area contributed by atoms with E-state index in [0.717, 1.165) is 12.8 Å². The highest BCUT2D eigenvalue weighted by Gasteiger charge is 2.19. The van der Waals surface area contributed by atoms with E-state index in [4.69, 9.17) is 4.74 Å². The predicted molar refractivity (Wildman–Crippen MR) is 69.4 cm³/mol. The molecule has 1 aliphatic carbocycles. The Balaban J connectivity index is 1.88. The van der Waals surface area contributed by atoms with Crippen LogP contribution in [0.4, 0.5) is 5.95 Å². The maximum absolute atomic E-state index is 5.82. The predicted octanol–water partition coefficient (Wildman–Crippen LogP) is 1.42. The van der Waals surface area contributed by atoms with E-state index >= 15 is 0 Å². The van der Waals surface area contributed by atoms with Gasteiger partial charge >= 0.3 is 6.01 Å². The molecule has 100 valence electrons. The maximum Gasteiger partial charge on any atom is 0.323 e. The second kappa shape index (κ2) is 5.21. The molecule has 0 atom stereocenters. The Bertz CT molecular complexity index is 535. The van der Waals surface area contributed by atoms with E-state index in [-0.39, 0.29) is 6.10 Å². The molecule has 2 heterocycles. The molecule has 0 saturated heterocycles. The molecule has 1 aliphatic rings. The smallest absolute Gasteiger partial charge is 0.323 e.